The molecule has 0 fully saturated rings. The zero-order valence-electron chi connectivity index (χ0n) is 9.56. The van der Waals surface area contributed by atoms with Crippen molar-refractivity contribution in [1.29, 1.82) is 0 Å². The van der Waals surface area contributed by atoms with Crippen LogP contribution in [0.15, 0.2) is 54.2 Å². The third-order valence-electron chi connectivity index (χ3n) is 2.48. The summed E-state index contributed by atoms with van der Waals surface area (Å²) in [6, 6.07) is 10.3. The van der Waals surface area contributed by atoms with Crippen molar-refractivity contribution in [3.05, 3.63) is 54.8 Å². The molecule has 1 aliphatic heterocycles. The lowest BCUT2D eigenvalue weighted by Gasteiger charge is -2.23. The van der Waals surface area contributed by atoms with E-state index in [4.69, 9.17) is 0 Å². The maximum atomic E-state index is 4.59. The number of hydrogen-bond donors (Lipinski definition) is 0. The predicted octanol–water partition coefficient (Wildman–Crippen LogP) is 2.95. The lowest BCUT2D eigenvalue weighted by Crippen LogP contribution is -2.26. The molecule has 16 heavy (non-hydrogen) atoms. The summed E-state index contributed by atoms with van der Waals surface area (Å²) in [5, 5.41) is 0. The van der Waals surface area contributed by atoms with E-state index in [1.165, 1.54) is 0 Å². The van der Waals surface area contributed by atoms with Gasteiger partial charge in [-0.3, -0.25) is 4.99 Å². The highest BCUT2D eigenvalue weighted by atomic mass is 15.1. The zero-order valence-corrected chi connectivity index (χ0v) is 9.56. The number of rotatable bonds is 3. The van der Waals surface area contributed by atoms with Gasteiger partial charge in [0.2, 0.25) is 0 Å². The fraction of sp³-hybridized carbons (Fsp3) is 0.214. The van der Waals surface area contributed by atoms with E-state index in [0.717, 1.165) is 30.1 Å². The van der Waals surface area contributed by atoms with Gasteiger partial charge >= 0.3 is 0 Å². The first-order chi connectivity index (χ1) is 7.79. The maximum Gasteiger partial charge on any atom is 0.0860 e. The highest BCUT2D eigenvalue weighted by Gasteiger charge is 2.10. The van der Waals surface area contributed by atoms with Gasteiger partial charge in [0, 0.05) is 24.0 Å². The molecule has 0 atom stereocenters. The fourth-order valence-corrected chi connectivity index (χ4v) is 1.81. The molecule has 0 radical (unpaired) electrons. The van der Waals surface area contributed by atoms with Gasteiger partial charge in [0.05, 0.1) is 12.2 Å². The summed E-state index contributed by atoms with van der Waals surface area (Å²) in [6.07, 6.45) is 4.02. The fourth-order valence-electron chi connectivity index (χ4n) is 1.81. The second-order valence-corrected chi connectivity index (χ2v) is 3.95. The van der Waals surface area contributed by atoms with Crippen LogP contribution in [0.4, 0.5) is 0 Å². The van der Waals surface area contributed by atoms with Crippen LogP contribution < -0.4 is 0 Å². The summed E-state index contributed by atoms with van der Waals surface area (Å²) in [7, 11) is 0. The summed E-state index contributed by atoms with van der Waals surface area (Å²) in [4.78, 5) is 6.81. The van der Waals surface area contributed by atoms with Crippen LogP contribution in [-0.4, -0.2) is 23.7 Å². The Morgan fingerprint density at radius 1 is 1.38 bits per heavy atom. The second-order valence-electron chi connectivity index (χ2n) is 3.95. The molecule has 82 valence electrons. The molecule has 0 amide bonds. The van der Waals surface area contributed by atoms with Crippen LogP contribution in [0.25, 0.3) is 5.70 Å². The molecule has 0 aliphatic carbocycles. The van der Waals surface area contributed by atoms with Crippen LogP contribution in [0.5, 0.6) is 0 Å². The van der Waals surface area contributed by atoms with Crippen LogP contribution >= 0.6 is 0 Å². The van der Waals surface area contributed by atoms with Gasteiger partial charge in [-0.1, -0.05) is 36.4 Å². The zero-order chi connectivity index (χ0) is 11.4. The minimum atomic E-state index is 0.864. The van der Waals surface area contributed by atoms with Gasteiger partial charge in [-0.25, -0.2) is 0 Å². The van der Waals surface area contributed by atoms with E-state index >= 15 is 0 Å². The van der Waals surface area contributed by atoms with Crippen molar-refractivity contribution in [2.24, 2.45) is 4.99 Å². The van der Waals surface area contributed by atoms with E-state index in [1.807, 2.05) is 24.3 Å². The van der Waals surface area contributed by atoms with Crippen molar-refractivity contribution < 1.29 is 0 Å². The maximum absolute atomic E-state index is 4.59. The molecule has 1 heterocycles. The van der Waals surface area contributed by atoms with Crippen molar-refractivity contribution in [3.63, 3.8) is 0 Å². The third-order valence-corrected chi connectivity index (χ3v) is 2.48. The number of aliphatic imine (C=N–C) groups is 1. The molecule has 1 aromatic carbocycles. The van der Waals surface area contributed by atoms with Crippen LogP contribution in [-0.2, 0) is 0 Å². The molecule has 0 saturated heterocycles. The first kappa shape index (κ1) is 10.7. The van der Waals surface area contributed by atoms with Gasteiger partial charge in [0.1, 0.15) is 0 Å². The molecule has 2 rings (SSSR count). The second kappa shape index (κ2) is 4.79. The van der Waals surface area contributed by atoms with Crippen molar-refractivity contribution in [1.82, 2.24) is 4.90 Å². The Morgan fingerprint density at radius 2 is 2.12 bits per heavy atom. The molecular weight excluding hydrogens is 196 g/mol. The molecule has 0 bridgehead atoms. The van der Waals surface area contributed by atoms with Gasteiger partial charge in [-0.2, -0.15) is 0 Å². The lowest BCUT2D eigenvalue weighted by molar-refractivity contribution is 0.471. The minimum absolute atomic E-state index is 0.864. The topological polar surface area (TPSA) is 15.6 Å². The minimum Gasteiger partial charge on any atom is -0.366 e. The summed E-state index contributed by atoms with van der Waals surface area (Å²) in [5.41, 5.74) is 3.34. The van der Waals surface area contributed by atoms with Gasteiger partial charge in [0.15, 0.2) is 0 Å². The van der Waals surface area contributed by atoms with E-state index in [9.17, 15) is 0 Å². The first-order valence-electron chi connectivity index (χ1n) is 5.46. The van der Waals surface area contributed by atoms with E-state index < -0.39 is 0 Å². The monoisotopic (exact) mass is 212 g/mol. The SMILES string of the molecule is C=CCN1C=C(c2ccccc2)N=C(C)C1. The standard InChI is InChI=1S/C14H16N2/c1-3-9-16-10-12(2)15-14(11-16)13-7-5-4-6-8-13/h3-8,11H,1,9-10H2,2H3. The Hall–Kier alpha value is -1.83. The molecule has 2 nitrogen and oxygen atoms in total. The van der Waals surface area contributed by atoms with E-state index in [1.54, 1.807) is 0 Å². The largest absolute Gasteiger partial charge is 0.366 e. The summed E-state index contributed by atoms with van der Waals surface area (Å²) >= 11 is 0. The highest BCUT2D eigenvalue weighted by Crippen LogP contribution is 2.19. The van der Waals surface area contributed by atoms with Crippen molar-refractivity contribution >= 4 is 11.4 Å². The van der Waals surface area contributed by atoms with Crippen LogP contribution in [0.2, 0.25) is 0 Å². The average molecular weight is 212 g/mol. The normalized spacial score (nSPS) is 15.4. The molecule has 2 heteroatoms. The summed E-state index contributed by atoms with van der Waals surface area (Å²) in [6.45, 7) is 7.58. The van der Waals surface area contributed by atoms with E-state index in [0.29, 0.717) is 0 Å². The Balaban J connectivity index is 2.29. The van der Waals surface area contributed by atoms with Gasteiger partial charge in [0.25, 0.3) is 0 Å². The molecule has 0 unspecified atom stereocenters. The molecule has 0 saturated carbocycles. The number of benzene rings is 1. The quantitative estimate of drug-likeness (QED) is 0.703. The number of nitrogens with zero attached hydrogens (tertiary/aromatic N) is 2. The predicted molar refractivity (Wildman–Crippen MR) is 69.3 cm³/mol. The summed E-state index contributed by atoms with van der Waals surface area (Å²) in [5.74, 6) is 0. The van der Waals surface area contributed by atoms with E-state index in [2.05, 4.69) is 41.7 Å². The van der Waals surface area contributed by atoms with Crippen molar-refractivity contribution in [3.8, 4) is 0 Å². The summed E-state index contributed by atoms with van der Waals surface area (Å²) < 4.78 is 0. The van der Waals surface area contributed by atoms with Gasteiger partial charge in [-0.05, 0) is 6.92 Å². The van der Waals surface area contributed by atoms with Crippen molar-refractivity contribution in [2.45, 2.75) is 6.92 Å². The molecule has 0 aromatic heterocycles. The van der Waals surface area contributed by atoms with Crippen LogP contribution in [0, 0.1) is 0 Å². The molecular formula is C14H16N2. The average Bonchev–Trinajstić information content (AvgIpc) is 2.30. The van der Waals surface area contributed by atoms with Gasteiger partial charge < -0.3 is 4.90 Å². The molecule has 1 aliphatic rings. The highest BCUT2D eigenvalue weighted by molar-refractivity contribution is 5.91. The molecule has 0 N–H and O–H groups in total. The molecule has 0 spiro atoms. The van der Waals surface area contributed by atoms with Crippen LogP contribution in [0.3, 0.4) is 0 Å². The first-order valence-corrected chi connectivity index (χ1v) is 5.46. The van der Waals surface area contributed by atoms with Crippen molar-refractivity contribution in [2.75, 3.05) is 13.1 Å². The Bertz CT molecular complexity index is 429. The van der Waals surface area contributed by atoms with Gasteiger partial charge in [-0.15, -0.1) is 6.58 Å². The number of hydrogen-bond acceptors (Lipinski definition) is 2. The Kier molecular flexibility index (Phi) is 3.20. The Morgan fingerprint density at radius 3 is 2.81 bits per heavy atom. The molecule has 1 aromatic rings. The smallest absolute Gasteiger partial charge is 0.0860 e. The third kappa shape index (κ3) is 2.40. The lowest BCUT2D eigenvalue weighted by atomic mass is 10.1. The van der Waals surface area contributed by atoms with E-state index in [-0.39, 0.29) is 0 Å². The van der Waals surface area contributed by atoms with Crippen LogP contribution in [0.1, 0.15) is 12.5 Å². The Labute approximate surface area is 96.6 Å².